The molecule has 0 aliphatic rings. The summed E-state index contributed by atoms with van der Waals surface area (Å²) < 4.78 is 3.29. The number of carbonyl (C=O) groups excluding carboxylic acids is 1. The highest BCUT2D eigenvalue weighted by molar-refractivity contribution is 8.00. The molecule has 180 valence electrons. The first-order valence-electron chi connectivity index (χ1n) is 11.6. The van der Waals surface area contributed by atoms with Crippen LogP contribution in [0.4, 0.5) is 5.69 Å². The van der Waals surface area contributed by atoms with Gasteiger partial charge in [-0.1, -0.05) is 84.6 Å². The minimum atomic E-state index is -0.505. The zero-order chi connectivity index (χ0) is 25.2. The van der Waals surface area contributed by atoms with E-state index >= 15 is 0 Å². The first kappa shape index (κ1) is 23.6. The van der Waals surface area contributed by atoms with E-state index in [4.69, 9.17) is 0 Å². The Kier molecular flexibility index (Phi) is 6.43. The number of para-hydroxylation sites is 1. The maximum Gasteiger partial charge on any atom is 0.295 e. The molecule has 0 bridgehead atoms. The van der Waals surface area contributed by atoms with Gasteiger partial charge in [0.05, 0.1) is 16.6 Å². The Balaban J connectivity index is 1.42. The minimum Gasteiger partial charge on any atom is -0.319 e. The molecule has 0 saturated heterocycles. The van der Waals surface area contributed by atoms with Crippen LogP contribution in [0, 0.1) is 6.92 Å². The second-order valence-electron chi connectivity index (χ2n) is 8.45. The van der Waals surface area contributed by atoms with Gasteiger partial charge in [-0.3, -0.25) is 14.3 Å². The van der Waals surface area contributed by atoms with Crippen molar-refractivity contribution in [1.82, 2.24) is 19.6 Å². The van der Waals surface area contributed by atoms with Gasteiger partial charge in [-0.25, -0.2) is 4.68 Å². The summed E-state index contributed by atoms with van der Waals surface area (Å²) in [5, 5.41) is 13.9. The summed E-state index contributed by atoms with van der Waals surface area (Å²) in [6, 6.07) is 27.2. The molecule has 8 heteroatoms. The molecule has 2 aromatic heterocycles. The molecular weight excluding hydrogens is 470 g/mol. The van der Waals surface area contributed by atoms with E-state index in [1.165, 1.54) is 11.8 Å². The van der Waals surface area contributed by atoms with Gasteiger partial charge in [-0.15, -0.1) is 10.2 Å². The number of amides is 1. The highest BCUT2D eigenvalue weighted by Crippen LogP contribution is 2.33. The molecule has 0 aliphatic heterocycles. The van der Waals surface area contributed by atoms with E-state index in [1.54, 1.807) is 23.3 Å². The lowest BCUT2D eigenvalue weighted by Gasteiger charge is -2.13. The number of nitrogens with one attached hydrogen (secondary N) is 1. The number of hydrogen-bond acceptors (Lipinski definition) is 5. The standard InChI is InChI=1S/C28H25N5O2S/c1-18-24(28(35)33(32(18)3)21-14-8-5-9-15-21)29-26(34)19(2)36-27-23-17-11-10-16-22(23)25(30-31-27)20-12-6-4-7-13-20/h4-17,19H,1-3H3,(H,29,34)/t19-/m1/s1. The Hall–Kier alpha value is -4.17. The van der Waals surface area contributed by atoms with Gasteiger partial charge in [0.25, 0.3) is 5.56 Å². The van der Waals surface area contributed by atoms with Crippen LogP contribution in [0.25, 0.3) is 27.7 Å². The third kappa shape index (κ3) is 4.31. The van der Waals surface area contributed by atoms with E-state index in [1.807, 2.05) is 91.9 Å². The van der Waals surface area contributed by atoms with E-state index in [9.17, 15) is 9.59 Å². The van der Waals surface area contributed by atoms with E-state index in [0.717, 1.165) is 27.7 Å². The number of anilines is 1. The molecule has 5 rings (SSSR count). The highest BCUT2D eigenvalue weighted by atomic mass is 32.2. The number of benzene rings is 3. The number of hydrogen-bond donors (Lipinski definition) is 1. The quantitative estimate of drug-likeness (QED) is 0.327. The second-order valence-corrected chi connectivity index (χ2v) is 9.78. The predicted octanol–water partition coefficient (Wildman–Crippen LogP) is 5.21. The number of nitrogens with zero attached hydrogens (tertiary/aromatic N) is 4. The zero-order valence-corrected chi connectivity index (χ0v) is 21.0. The van der Waals surface area contributed by atoms with Crippen molar-refractivity contribution in [3.8, 4) is 16.9 Å². The van der Waals surface area contributed by atoms with Crippen LogP contribution in [0.2, 0.25) is 0 Å². The fraction of sp³-hybridized carbons (Fsp3) is 0.143. The molecule has 2 heterocycles. The van der Waals surface area contributed by atoms with Crippen molar-refractivity contribution in [3.05, 3.63) is 101 Å². The van der Waals surface area contributed by atoms with Gasteiger partial charge in [0, 0.05) is 23.4 Å². The van der Waals surface area contributed by atoms with Crippen LogP contribution in [0.1, 0.15) is 12.6 Å². The minimum absolute atomic E-state index is 0.272. The predicted molar refractivity (Wildman–Crippen MR) is 145 cm³/mol. The first-order chi connectivity index (χ1) is 17.5. The van der Waals surface area contributed by atoms with Crippen LogP contribution in [0.15, 0.2) is 94.7 Å². The van der Waals surface area contributed by atoms with Crippen LogP contribution in [-0.4, -0.2) is 30.7 Å². The lowest BCUT2D eigenvalue weighted by atomic mass is 10.1. The third-order valence-corrected chi connectivity index (χ3v) is 7.25. The second kappa shape index (κ2) is 9.83. The maximum atomic E-state index is 13.2. The molecule has 0 unspecified atom stereocenters. The monoisotopic (exact) mass is 495 g/mol. The van der Waals surface area contributed by atoms with Crippen molar-refractivity contribution in [2.24, 2.45) is 7.05 Å². The highest BCUT2D eigenvalue weighted by Gasteiger charge is 2.23. The Bertz CT molecular complexity index is 1610. The van der Waals surface area contributed by atoms with Crippen molar-refractivity contribution in [3.63, 3.8) is 0 Å². The number of thioether (sulfide) groups is 1. The van der Waals surface area contributed by atoms with E-state index in [-0.39, 0.29) is 17.2 Å². The molecule has 0 spiro atoms. The molecule has 5 aromatic rings. The lowest BCUT2D eigenvalue weighted by molar-refractivity contribution is -0.115. The molecule has 1 atom stereocenters. The Morgan fingerprint density at radius 3 is 2.19 bits per heavy atom. The number of rotatable bonds is 6. The molecule has 0 radical (unpaired) electrons. The van der Waals surface area contributed by atoms with Crippen molar-refractivity contribution in [2.75, 3.05) is 5.32 Å². The summed E-state index contributed by atoms with van der Waals surface area (Å²) in [5.74, 6) is -0.274. The zero-order valence-electron chi connectivity index (χ0n) is 20.2. The Morgan fingerprint density at radius 1 is 0.889 bits per heavy atom. The van der Waals surface area contributed by atoms with E-state index < -0.39 is 5.25 Å². The van der Waals surface area contributed by atoms with Crippen molar-refractivity contribution < 1.29 is 4.79 Å². The number of fused-ring (bicyclic) bond motifs is 1. The van der Waals surface area contributed by atoms with Gasteiger partial charge in [-0.05, 0) is 26.0 Å². The van der Waals surface area contributed by atoms with Crippen LogP contribution in [-0.2, 0) is 11.8 Å². The summed E-state index contributed by atoms with van der Waals surface area (Å²) in [6.07, 6.45) is 0. The lowest BCUT2D eigenvalue weighted by Crippen LogP contribution is -2.27. The van der Waals surface area contributed by atoms with E-state index in [2.05, 4.69) is 15.5 Å². The molecule has 7 nitrogen and oxygen atoms in total. The molecule has 1 amide bonds. The van der Waals surface area contributed by atoms with Gasteiger partial charge in [-0.2, -0.15) is 0 Å². The first-order valence-corrected chi connectivity index (χ1v) is 12.5. The maximum absolute atomic E-state index is 13.2. The third-order valence-electron chi connectivity index (χ3n) is 6.16. The Morgan fingerprint density at radius 2 is 1.50 bits per heavy atom. The van der Waals surface area contributed by atoms with Gasteiger partial charge in [0.1, 0.15) is 16.4 Å². The Labute approximate surface area is 212 Å². The van der Waals surface area contributed by atoms with Gasteiger partial charge >= 0.3 is 0 Å². The van der Waals surface area contributed by atoms with Crippen LogP contribution >= 0.6 is 11.8 Å². The van der Waals surface area contributed by atoms with Gasteiger partial charge in [0.2, 0.25) is 5.91 Å². The SMILES string of the molecule is Cc1c(NC(=O)[C@@H](C)Sc2nnc(-c3ccccc3)c3ccccc23)c(=O)n(-c2ccccc2)n1C. The smallest absolute Gasteiger partial charge is 0.295 e. The normalized spacial score (nSPS) is 12.0. The average molecular weight is 496 g/mol. The largest absolute Gasteiger partial charge is 0.319 e. The fourth-order valence-corrected chi connectivity index (χ4v) is 5.03. The van der Waals surface area contributed by atoms with Crippen LogP contribution in [0.5, 0.6) is 0 Å². The van der Waals surface area contributed by atoms with Gasteiger partial charge < -0.3 is 5.32 Å². The van der Waals surface area contributed by atoms with Crippen molar-refractivity contribution in [1.29, 1.82) is 0 Å². The molecule has 0 saturated carbocycles. The summed E-state index contributed by atoms with van der Waals surface area (Å²) >= 11 is 1.32. The van der Waals surface area contributed by atoms with Crippen LogP contribution < -0.4 is 10.9 Å². The molecule has 0 fully saturated rings. The molecular formula is C28H25N5O2S. The topological polar surface area (TPSA) is 81.8 Å². The number of aromatic nitrogens is 4. The summed E-state index contributed by atoms with van der Waals surface area (Å²) in [4.78, 5) is 26.3. The van der Waals surface area contributed by atoms with Crippen molar-refractivity contribution >= 4 is 34.1 Å². The molecule has 36 heavy (non-hydrogen) atoms. The van der Waals surface area contributed by atoms with E-state index in [0.29, 0.717) is 10.7 Å². The van der Waals surface area contributed by atoms with Gasteiger partial charge in [0.15, 0.2) is 0 Å². The summed E-state index contributed by atoms with van der Waals surface area (Å²) in [7, 11) is 1.80. The number of carbonyl (C=O) groups is 1. The fourth-order valence-electron chi connectivity index (χ4n) is 4.13. The average Bonchev–Trinajstić information content (AvgIpc) is 3.12. The van der Waals surface area contributed by atoms with Crippen LogP contribution in [0.3, 0.4) is 0 Å². The molecule has 3 aromatic carbocycles. The summed E-state index contributed by atoms with van der Waals surface area (Å²) in [5.41, 5.74) is 3.19. The van der Waals surface area contributed by atoms with Crippen molar-refractivity contribution in [2.45, 2.75) is 24.1 Å². The molecule has 1 N–H and O–H groups in total. The summed E-state index contributed by atoms with van der Waals surface area (Å²) in [6.45, 7) is 3.62. The molecule has 0 aliphatic carbocycles.